The van der Waals surface area contributed by atoms with Gasteiger partial charge in [-0.3, -0.25) is 9.69 Å². The number of fused-ring (bicyclic) bond motifs is 4. The molecule has 3 saturated heterocycles. The molecule has 0 spiro atoms. The Morgan fingerprint density at radius 2 is 2.11 bits per heavy atom. The summed E-state index contributed by atoms with van der Waals surface area (Å²) < 4.78 is 10.6. The van der Waals surface area contributed by atoms with Crippen molar-refractivity contribution in [2.24, 2.45) is 5.92 Å². The number of carbonyl (C=O) groups excluding carboxylic acids is 1. The van der Waals surface area contributed by atoms with E-state index in [1.165, 1.54) is 12.0 Å². The van der Waals surface area contributed by atoms with Gasteiger partial charge in [0.2, 0.25) is 0 Å². The third-order valence-corrected chi connectivity index (χ3v) is 5.93. The van der Waals surface area contributed by atoms with Crippen molar-refractivity contribution in [2.45, 2.75) is 39.3 Å². The van der Waals surface area contributed by atoms with Crippen LogP contribution in [0.2, 0.25) is 0 Å². The van der Waals surface area contributed by atoms with Crippen LogP contribution in [-0.4, -0.2) is 53.6 Å². The van der Waals surface area contributed by atoms with Crippen LogP contribution in [0, 0.1) is 19.8 Å². The van der Waals surface area contributed by atoms with Gasteiger partial charge in [0.05, 0.1) is 12.8 Å². The van der Waals surface area contributed by atoms with Crippen LogP contribution >= 0.6 is 0 Å². The number of piperidine rings is 1. The summed E-state index contributed by atoms with van der Waals surface area (Å²) >= 11 is 0. The minimum absolute atomic E-state index is 0.114. The van der Waals surface area contributed by atoms with Crippen molar-refractivity contribution >= 4 is 5.91 Å². The van der Waals surface area contributed by atoms with Crippen LogP contribution in [0.25, 0.3) is 0 Å². The zero-order chi connectivity index (χ0) is 19.0. The third kappa shape index (κ3) is 3.58. The molecular formula is C21H27N3O3. The normalized spacial score (nSPS) is 22.7. The zero-order valence-electron chi connectivity index (χ0n) is 16.3. The van der Waals surface area contributed by atoms with Gasteiger partial charge in [-0.15, -0.1) is 0 Å². The number of benzene rings is 1. The maximum atomic E-state index is 13.2. The summed E-state index contributed by atoms with van der Waals surface area (Å²) in [4.78, 5) is 17.7. The summed E-state index contributed by atoms with van der Waals surface area (Å²) in [5, 5.41) is 4.08. The molecule has 0 saturated carbocycles. The summed E-state index contributed by atoms with van der Waals surface area (Å²) in [6.07, 6.45) is 2.25. The third-order valence-electron chi connectivity index (χ3n) is 5.93. The van der Waals surface area contributed by atoms with Crippen molar-refractivity contribution < 1.29 is 14.1 Å². The van der Waals surface area contributed by atoms with E-state index in [-0.39, 0.29) is 11.9 Å². The van der Waals surface area contributed by atoms with E-state index in [9.17, 15) is 4.79 Å². The Balaban J connectivity index is 1.52. The fourth-order valence-corrected chi connectivity index (χ4v) is 4.43. The van der Waals surface area contributed by atoms with Gasteiger partial charge < -0.3 is 14.2 Å². The van der Waals surface area contributed by atoms with Gasteiger partial charge in [-0.2, -0.15) is 0 Å². The molecule has 0 aliphatic carbocycles. The Labute approximate surface area is 160 Å². The second-order valence-corrected chi connectivity index (χ2v) is 7.78. The molecule has 1 aromatic heterocycles. The molecule has 144 valence electrons. The first-order valence-electron chi connectivity index (χ1n) is 9.64. The van der Waals surface area contributed by atoms with Gasteiger partial charge >= 0.3 is 0 Å². The maximum Gasteiger partial charge on any atom is 0.254 e. The van der Waals surface area contributed by atoms with Crippen molar-refractivity contribution in [2.75, 3.05) is 26.7 Å². The highest BCUT2D eigenvalue weighted by atomic mass is 16.5. The van der Waals surface area contributed by atoms with E-state index >= 15 is 0 Å². The van der Waals surface area contributed by atoms with Crippen molar-refractivity contribution in [3.63, 3.8) is 0 Å². The lowest BCUT2D eigenvalue weighted by atomic mass is 9.94. The van der Waals surface area contributed by atoms with Gasteiger partial charge in [0, 0.05) is 43.3 Å². The first-order chi connectivity index (χ1) is 13.0. The number of nitrogens with zero attached hydrogens (tertiary/aromatic N) is 3. The van der Waals surface area contributed by atoms with E-state index in [4.69, 9.17) is 9.26 Å². The molecule has 3 fully saturated rings. The summed E-state index contributed by atoms with van der Waals surface area (Å²) in [7, 11) is 1.63. The molecule has 3 aliphatic heterocycles. The highest BCUT2D eigenvalue weighted by Gasteiger charge is 2.37. The summed E-state index contributed by atoms with van der Waals surface area (Å²) in [5.41, 5.74) is 2.86. The second-order valence-electron chi connectivity index (χ2n) is 7.78. The number of rotatable bonds is 4. The highest BCUT2D eigenvalue weighted by Crippen LogP contribution is 2.31. The van der Waals surface area contributed by atoms with Crippen molar-refractivity contribution in [1.29, 1.82) is 0 Å². The van der Waals surface area contributed by atoms with Gasteiger partial charge in [0.1, 0.15) is 11.5 Å². The molecule has 0 N–H and O–H groups in total. The Kier molecular flexibility index (Phi) is 4.91. The number of methoxy groups -OCH3 is 1. The molecule has 6 nitrogen and oxygen atoms in total. The Morgan fingerprint density at radius 3 is 2.85 bits per heavy atom. The van der Waals surface area contributed by atoms with Crippen LogP contribution in [0.1, 0.15) is 40.2 Å². The lowest BCUT2D eigenvalue weighted by Crippen LogP contribution is -2.47. The fraction of sp³-hybridized carbons (Fsp3) is 0.524. The monoisotopic (exact) mass is 369 g/mol. The van der Waals surface area contributed by atoms with Crippen LogP contribution in [0.4, 0.5) is 0 Å². The molecular weight excluding hydrogens is 342 g/mol. The van der Waals surface area contributed by atoms with Crippen LogP contribution in [0.5, 0.6) is 5.75 Å². The molecule has 2 atom stereocenters. The van der Waals surface area contributed by atoms with Gasteiger partial charge in [-0.1, -0.05) is 11.2 Å². The van der Waals surface area contributed by atoms with E-state index in [0.717, 1.165) is 49.8 Å². The number of hydrogen-bond donors (Lipinski definition) is 0. The standard InChI is InChI=1S/C21H27N3O3/c1-14-20(15(2)27-22-14)13-23-10-16-7-8-18(12-23)24(11-16)21(25)17-5-4-6-19(9-17)26-3/h4-6,9,16,18H,7-8,10-13H2,1-3H3. The molecule has 6 heteroatoms. The molecule has 27 heavy (non-hydrogen) atoms. The van der Waals surface area contributed by atoms with Gasteiger partial charge in [0.25, 0.3) is 5.91 Å². The van der Waals surface area contributed by atoms with Gasteiger partial charge in [-0.25, -0.2) is 0 Å². The molecule has 5 rings (SSSR count). The van der Waals surface area contributed by atoms with Gasteiger partial charge in [0.15, 0.2) is 0 Å². The van der Waals surface area contributed by atoms with E-state index in [2.05, 4.69) is 15.0 Å². The van der Waals surface area contributed by atoms with Crippen molar-refractivity contribution in [3.05, 3.63) is 46.8 Å². The second kappa shape index (κ2) is 7.35. The molecule has 3 aliphatic rings. The van der Waals surface area contributed by atoms with Crippen LogP contribution in [0.3, 0.4) is 0 Å². The predicted molar refractivity (Wildman–Crippen MR) is 102 cm³/mol. The van der Waals surface area contributed by atoms with Crippen LogP contribution in [0.15, 0.2) is 28.8 Å². The average molecular weight is 369 g/mol. The molecule has 2 aromatic rings. The van der Waals surface area contributed by atoms with E-state index in [1.807, 2.05) is 38.1 Å². The summed E-state index contributed by atoms with van der Waals surface area (Å²) in [6.45, 7) is 7.56. The maximum absolute atomic E-state index is 13.2. The van der Waals surface area contributed by atoms with E-state index in [1.54, 1.807) is 7.11 Å². The number of carbonyl (C=O) groups is 1. The first-order valence-corrected chi connectivity index (χ1v) is 9.64. The highest BCUT2D eigenvalue weighted by molar-refractivity contribution is 5.95. The lowest BCUT2D eigenvalue weighted by Gasteiger charge is -2.36. The van der Waals surface area contributed by atoms with Gasteiger partial charge in [-0.05, 0) is 50.8 Å². The Hall–Kier alpha value is -2.34. The molecule has 2 bridgehead atoms. The number of ether oxygens (including phenoxy) is 1. The largest absolute Gasteiger partial charge is 0.497 e. The van der Waals surface area contributed by atoms with Crippen LogP contribution < -0.4 is 4.74 Å². The molecule has 1 aromatic carbocycles. The van der Waals surface area contributed by atoms with Crippen molar-refractivity contribution in [1.82, 2.24) is 15.0 Å². The minimum Gasteiger partial charge on any atom is -0.497 e. The van der Waals surface area contributed by atoms with E-state index in [0.29, 0.717) is 11.5 Å². The Morgan fingerprint density at radius 1 is 1.26 bits per heavy atom. The van der Waals surface area contributed by atoms with Crippen molar-refractivity contribution in [3.8, 4) is 5.75 Å². The average Bonchev–Trinajstić information content (AvgIpc) is 2.86. The quantitative estimate of drug-likeness (QED) is 0.829. The van der Waals surface area contributed by atoms with Crippen LogP contribution in [-0.2, 0) is 6.54 Å². The number of aryl methyl sites for hydroxylation is 2. The first kappa shape index (κ1) is 18.0. The lowest BCUT2D eigenvalue weighted by molar-refractivity contribution is 0.0584. The molecule has 4 heterocycles. The summed E-state index contributed by atoms with van der Waals surface area (Å²) in [5.74, 6) is 2.25. The number of hydrogen-bond acceptors (Lipinski definition) is 5. The minimum atomic E-state index is 0.114. The Bertz CT molecular complexity index is 812. The molecule has 2 unspecified atom stereocenters. The topological polar surface area (TPSA) is 58.8 Å². The predicted octanol–water partition coefficient (Wildman–Crippen LogP) is 3.04. The molecule has 0 radical (unpaired) electrons. The summed E-state index contributed by atoms with van der Waals surface area (Å²) in [6, 6.07) is 7.72. The number of amides is 1. The van der Waals surface area contributed by atoms with E-state index < -0.39 is 0 Å². The number of aromatic nitrogens is 1. The fourth-order valence-electron chi connectivity index (χ4n) is 4.43. The molecule has 1 amide bonds. The smallest absolute Gasteiger partial charge is 0.254 e. The SMILES string of the molecule is COc1cccc(C(=O)N2CC3CCC2CN(Cc2c(C)noc2C)C3)c1. The zero-order valence-corrected chi connectivity index (χ0v) is 16.3.